The summed E-state index contributed by atoms with van der Waals surface area (Å²) in [6.45, 7) is 1.11. The maximum atomic E-state index is 5.39. The fourth-order valence-electron chi connectivity index (χ4n) is 1.18. The number of hydrogen-bond donors (Lipinski definition) is 0. The Balaban J connectivity index is 2.32. The Bertz CT molecular complexity index is 342. The van der Waals surface area contributed by atoms with Gasteiger partial charge in [-0.2, -0.15) is 4.74 Å². The van der Waals surface area contributed by atoms with Crippen molar-refractivity contribution in [1.29, 1.82) is 0 Å². The third kappa shape index (κ3) is 2.04. The molecule has 0 aliphatic carbocycles. The van der Waals surface area contributed by atoms with Crippen LogP contribution in [-0.4, -0.2) is 20.3 Å². The summed E-state index contributed by atoms with van der Waals surface area (Å²) in [7, 11) is -0.864. The Morgan fingerprint density at radius 1 is 1.21 bits per heavy atom. The topological polar surface area (TPSA) is 40.0 Å². The van der Waals surface area contributed by atoms with Gasteiger partial charge in [-0.05, 0) is 12.1 Å². The van der Waals surface area contributed by atoms with E-state index in [1.54, 1.807) is 7.11 Å². The molecule has 0 radical (unpaired) electrons. The van der Waals surface area contributed by atoms with Crippen molar-refractivity contribution in [3.8, 4) is 0 Å². The Morgan fingerprint density at radius 2 is 1.86 bits per heavy atom. The molecule has 1 aromatic carbocycles. The highest BCUT2D eigenvalue weighted by molar-refractivity contribution is 7.51. The van der Waals surface area contributed by atoms with Gasteiger partial charge in [0.25, 0.3) is 0 Å². The lowest BCUT2D eigenvalue weighted by atomic mass is 10.3. The molecule has 1 saturated heterocycles. The molecule has 0 aromatic heterocycles. The molecule has 0 saturated carbocycles. The molecule has 1 aliphatic heterocycles. The zero-order chi connectivity index (χ0) is 9.86. The number of nitrogens with zero attached hydrogens (tertiary/aromatic N) is 1. The molecular weight excluding hydrogens is 201 g/mol. The summed E-state index contributed by atoms with van der Waals surface area (Å²) in [5.74, 6) is 0. The van der Waals surface area contributed by atoms with Crippen LogP contribution in [0.2, 0.25) is 0 Å². The first-order valence-corrected chi connectivity index (χ1v) is 5.86. The molecule has 1 heterocycles. The average molecular weight is 213 g/mol. The van der Waals surface area contributed by atoms with Gasteiger partial charge in [-0.3, -0.25) is 0 Å². The first kappa shape index (κ1) is 9.87. The summed E-state index contributed by atoms with van der Waals surface area (Å²) in [6, 6.07) is 9.56. The number of hydrogen-bond acceptors (Lipinski definition) is 4. The molecule has 1 aliphatic rings. The highest BCUT2D eigenvalue weighted by Crippen LogP contribution is 2.57. The van der Waals surface area contributed by atoms with E-state index in [2.05, 4.69) is 4.74 Å². The molecule has 5 heteroatoms. The van der Waals surface area contributed by atoms with Crippen LogP contribution in [0.1, 0.15) is 0 Å². The van der Waals surface area contributed by atoms with Crippen molar-refractivity contribution in [2.75, 3.05) is 20.3 Å². The summed E-state index contributed by atoms with van der Waals surface area (Å²) >= 11 is 0. The lowest BCUT2D eigenvalue weighted by Crippen LogP contribution is -1.83. The van der Waals surface area contributed by atoms with Gasteiger partial charge in [0.2, 0.25) is 0 Å². The van der Waals surface area contributed by atoms with Crippen molar-refractivity contribution in [3.63, 3.8) is 0 Å². The molecule has 1 fully saturated rings. The van der Waals surface area contributed by atoms with Crippen LogP contribution in [0.25, 0.3) is 0 Å². The van der Waals surface area contributed by atoms with Crippen LogP contribution in [0.15, 0.2) is 35.1 Å². The van der Waals surface area contributed by atoms with Crippen molar-refractivity contribution in [3.05, 3.63) is 30.3 Å². The van der Waals surface area contributed by atoms with Gasteiger partial charge >= 0.3 is 7.74 Å². The monoisotopic (exact) mass is 213 g/mol. The highest BCUT2D eigenvalue weighted by Gasteiger charge is 2.27. The van der Waals surface area contributed by atoms with E-state index in [-0.39, 0.29) is 0 Å². The Kier molecular flexibility index (Phi) is 2.99. The minimum Gasteiger partial charge on any atom is -0.306 e. The van der Waals surface area contributed by atoms with Crippen LogP contribution < -0.4 is 0 Å². The van der Waals surface area contributed by atoms with Crippen molar-refractivity contribution in [2.24, 2.45) is 4.74 Å². The first-order valence-electron chi connectivity index (χ1n) is 4.37. The zero-order valence-corrected chi connectivity index (χ0v) is 8.81. The van der Waals surface area contributed by atoms with E-state index >= 15 is 0 Å². The third-order valence-corrected chi connectivity index (χ3v) is 3.77. The quantitative estimate of drug-likeness (QED) is 0.709. The van der Waals surface area contributed by atoms with E-state index in [0.717, 1.165) is 5.69 Å². The Hall–Kier alpha value is -0.670. The largest absolute Gasteiger partial charge is 0.360 e. The van der Waals surface area contributed by atoms with Crippen molar-refractivity contribution in [2.45, 2.75) is 0 Å². The summed E-state index contributed by atoms with van der Waals surface area (Å²) in [6.07, 6.45) is 0. The van der Waals surface area contributed by atoms with Crippen LogP contribution in [0.5, 0.6) is 0 Å². The van der Waals surface area contributed by atoms with Gasteiger partial charge in [0, 0.05) is 7.11 Å². The van der Waals surface area contributed by atoms with E-state index in [1.165, 1.54) is 0 Å². The van der Waals surface area contributed by atoms with Gasteiger partial charge in [0.05, 0.1) is 18.9 Å². The van der Waals surface area contributed by atoms with Crippen LogP contribution in [0.3, 0.4) is 0 Å². The van der Waals surface area contributed by atoms with Crippen LogP contribution >= 0.6 is 7.74 Å². The molecule has 0 amide bonds. The van der Waals surface area contributed by atoms with Gasteiger partial charge in [0.15, 0.2) is 0 Å². The van der Waals surface area contributed by atoms with Crippen molar-refractivity contribution in [1.82, 2.24) is 0 Å². The maximum absolute atomic E-state index is 5.39. The lowest BCUT2D eigenvalue weighted by molar-refractivity contribution is 0.281. The molecule has 0 bridgehead atoms. The van der Waals surface area contributed by atoms with Gasteiger partial charge in [-0.25, -0.2) is 0 Å². The van der Waals surface area contributed by atoms with Crippen LogP contribution in [-0.2, 0) is 13.6 Å². The molecule has 0 N–H and O–H groups in total. The zero-order valence-electron chi connectivity index (χ0n) is 7.92. The fraction of sp³-hybridized carbons (Fsp3) is 0.333. The van der Waals surface area contributed by atoms with Gasteiger partial charge in [0.1, 0.15) is 0 Å². The van der Waals surface area contributed by atoms with Gasteiger partial charge < -0.3 is 13.6 Å². The van der Waals surface area contributed by atoms with E-state index in [1.807, 2.05) is 30.3 Å². The smallest absolute Gasteiger partial charge is 0.306 e. The number of rotatable bonds is 2. The fourth-order valence-corrected chi connectivity index (χ4v) is 2.69. The summed E-state index contributed by atoms with van der Waals surface area (Å²) in [5.41, 5.74) is 0.824. The van der Waals surface area contributed by atoms with Gasteiger partial charge in [-0.1, -0.05) is 18.2 Å². The molecule has 2 rings (SSSR count). The predicted octanol–water partition coefficient (Wildman–Crippen LogP) is 2.96. The minimum atomic E-state index is -2.42. The summed E-state index contributed by atoms with van der Waals surface area (Å²) < 4.78 is 20.3. The van der Waals surface area contributed by atoms with Crippen molar-refractivity contribution < 1.29 is 13.6 Å². The van der Waals surface area contributed by atoms with E-state index < -0.39 is 7.74 Å². The second kappa shape index (κ2) is 4.24. The standard InChI is InChI=1S/C9H12NO3P/c1-11-14(12-7-8-13-14)10-9-5-3-2-4-6-9/h2-6H,7-8H2,1H3. The van der Waals surface area contributed by atoms with E-state index in [4.69, 9.17) is 13.6 Å². The minimum absolute atomic E-state index is 0.554. The second-order valence-corrected chi connectivity index (χ2v) is 4.77. The molecule has 4 nitrogen and oxygen atoms in total. The second-order valence-electron chi connectivity index (χ2n) is 2.75. The van der Waals surface area contributed by atoms with Crippen molar-refractivity contribution >= 4 is 13.4 Å². The first-order chi connectivity index (χ1) is 6.85. The number of benzene rings is 1. The molecule has 0 atom stereocenters. The van der Waals surface area contributed by atoms with Crippen LogP contribution in [0.4, 0.5) is 5.69 Å². The Labute approximate surface area is 83.1 Å². The normalized spacial score (nSPS) is 19.5. The third-order valence-electron chi connectivity index (χ3n) is 1.82. The molecule has 0 spiro atoms. The Morgan fingerprint density at radius 3 is 2.43 bits per heavy atom. The summed E-state index contributed by atoms with van der Waals surface area (Å²) in [4.78, 5) is 0. The van der Waals surface area contributed by atoms with Crippen LogP contribution in [0, 0.1) is 0 Å². The van der Waals surface area contributed by atoms with Gasteiger partial charge in [-0.15, -0.1) is 0 Å². The molecule has 0 unspecified atom stereocenters. The highest BCUT2D eigenvalue weighted by atomic mass is 31.2. The maximum Gasteiger partial charge on any atom is 0.360 e. The van der Waals surface area contributed by atoms with E-state index in [9.17, 15) is 0 Å². The molecular formula is C9H12NO3P. The molecule has 1 aromatic rings. The lowest BCUT2D eigenvalue weighted by Gasteiger charge is -2.12. The molecule has 14 heavy (non-hydrogen) atoms. The SMILES string of the molecule is COP1(=Nc2ccccc2)OCCO1. The summed E-state index contributed by atoms with van der Waals surface area (Å²) in [5, 5.41) is 0. The molecule has 76 valence electrons. The average Bonchev–Trinajstić information content (AvgIpc) is 2.69. The van der Waals surface area contributed by atoms with E-state index in [0.29, 0.717) is 13.2 Å². The predicted molar refractivity (Wildman–Crippen MR) is 54.4 cm³/mol.